The van der Waals surface area contributed by atoms with Gasteiger partial charge >= 0.3 is 0 Å². The van der Waals surface area contributed by atoms with Crippen LogP contribution in [0.1, 0.15) is 19.8 Å². The lowest BCUT2D eigenvalue weighted by Gasteiger charge is -2.36. The van der Waals surface area contributed by atoms with Gasteiger partial charge in [-0.1, -0.05) is 55.5 Å². The SMILES string of the molecule is CCNC1CCCN(c2ccccc2-c2ccccc2)C1. The molecule has 3 rings (SSSR count). The number of nitrogens with zero attached hydrogens (tertiary/aromatic N) is 1. The van der Waals surface area contributed by atoms with Crippen LogP contribution in [0.15, 0.2) is 54.6 Å². The molecule has 1 unspecified atom stereocenters. The van der Waals surface area contributed by atoms with Crippen molar-refractivity contribution in [1.29, 1.82) is 0 Å². The Morgan fingerprint density at radius 2 is 1.81 bits per heavy atom. The van der Waals surface area contributed by atoms with E-state index in [9.17, 15) is 0 Å². The molecular formula is C19H24N2. The number of anilines is 1. The van der Waals surface area contributed by atoms with Gasteiger partial charge in [-0.15, -0.1) is 0 Å². The monoisotopic (exact) mass is 280 g/mol. The molecule has 21 heavy (non-hydrogen) atoms. The second-order valence-corrected chi connectivity index (χ2v) is 5.73. The standard InChI is InChI=1S/C19H24N2/c1-2-20-17-11-8-14-21(15-17)19-13-7-6-12-18(19)16-9-4-3-5-10-16/h3-7,9-10,12-13,17,20H,2,8,11,14-15H2,1H3. The second-order valence-electron chi connectivity index (χ2n) is 5.73. The number of nitrogens with one attached hydrogen (secondary N) is 1. The number of rotatable bonds is 4. The van der Waals surface area contributed by atoms with Gasteiger partial charge in [0.25, 0.3) is 0 Å². The summed E-state index contributed by atoms with van der Waals surface area (Å²) in [4.78, 5) is 2.54. The van der Waals surface area contributed by atoms with Crippen LogP contribution in [-0.2, 0) is 0 Å². The minimum atomic E-state index is 0.618. The van der Waals surface area contributed by atoms with Gasteiger partial charge in [-0.25, -0.2) is 0 Å². The third-order valence-corrected chi connectivity index (χ3v) is 4.24. The molecule has 0 aliphatic carbocycles. The van der Waals surface area contributed by atoms with E-state index >= 15 is 0 Å². The van der Waals surface area contributed by atoms with Crippen LogP contribution in [0.25, 0.3) is 11.1 Å². The van der Waals surface area contributed by atoms with Crippen LogP contribution in [0.2, 0.25) is 0 Å². The van der Waals surface area contributed by atoms with Gasteiger partial charge in [-0.05, 0) is 31.0 Å². The largest absolute Gasteiger partial charge is 0.369 e. The first-order chi connectivity index (χ1) is 10.4. The van der Waals surface area contributed by atoms with Crippen molar-refractivity contribution >= 4 is 5.69 Å². The Morgan fingerprint density at radius 3 is 2.62 bits per heavy atom. The molecule has 1 atom stereocenters. The third kappa shape index (κ3) is 3.27. The van der Waals surface area contributed by atoms with Crippen LogP contribution in [0, 0.1) is 0 Å². The van der Waals surface area contributed by atoms with E-state index in [0.717, 1.165) is 19.6 Å². The smallest absolute Gasteiger partial charge is 0.0446 e. The summed E-state index contributed by atoms with van der Waals surface area (Å²) in [6.45, 7) is 5.51. The van der Waals surface area contributed by atoms with Gasteiger partial charge in [0.1, 0.15) is 0 Å². The molecule has 2 heteroatoms. The van der Waals surface area contributed by atoms with Crippen LogP contribution >= 0.6 is 0 Å². The van der Waals surface area contributed by atoms with Crippen LogP contribution in [-0.4, -0.2) is 25.7 Å². The number of hydrogen-bond donors (Lipinski definition) is 1. The summed E-state index contributed by atoms with van der Waals surface area (Å²) < 4.78 is 0. The van der Waals surface area contributed by atoms with Crippen molar-refractivity contribution < 1.29 is 0 Å². The van der Waals surface area contributed by atoms with Crippen molar-refractivity contribution in [2.75, 3.05) is 24.5 Å². The fraction of sp³-hybridized carbons (Fsp3) is 0.368. The maximum Gasteiger partial charge on any atom is 0.0446 e. The van der Waals surface area contributed by atoms with E-state index in [0.29, 0.717) is 6.04 Å². The lowest BCUT2D eigenvalue weighted by molar-refractivity contribution is 0.431. The Morgan fingerprint density at radius 1 is 1.05 bits per heavy atom. The van der Waals surface area contributed by atoms with Gasteiger partial charge in [0, 0.05) is 30.4 Å². The van der Waals surface area contributed by atoms with Crippen molar-refractivity contribution in [2.24, 2.45) is 0 Å². The van der Waals surface area contributed by atoms with Gasteiger partial charge in [0.05, 0.1) is 0 Å². The molecule has 2 nitrogen and oxygen atoms in total. The zero-order valence-electron chi connectivity index (χ0n) is 12.8. The summed E-state index contributed by atoms with van der Waals surface area (Å²) in [5.41, 5.74) is 4.01. The van der Waals surface area contributed by atoms with Crippen molar-refractivity contribution in [3.63, 3.8) is 0 Å². The van der Waals surface area contributed by atoms with Gasteiger partial charge in [0.15, 0.2) is 0 Å². The second kappa shape index (κ2) is 6.77. The fourth-order valence-corrected chi connectivity index (χ4v) is 3.26. The van der Waals surface area contributed by atoms with E-state index in [1.807, 2.05) is 0 Å². The predicted octanol–water partition coefficient (Wildman–Crippen LogP) is 3.93. The summed E-state index contributed by atoms with van der Waals surface area (Å²) in [6.07, 6.45) is 2.55. The first kappa shape index (κ1) is 14.2. The maximum atomic E-state index is 3.60. The lowest BCUT2D eigenvalue weighted by atomic mass is 9.99. The molecule has 1 aliphatic heterocycles. The number of piperidine rings is 1. The topological polar surface area (TPSA) is 15.3 Å². The first-order valence-corrected chi connectivity index (χ1v) is 8.01. The molecule has 0 radical (unpaired) electrons. The van der Waals surface area contributed by atoms with Gasteiger partial charge in [-0.2, -0.15) is 0 Å². The van der Waals surface area contributed by atoms with E-state index < -0.39 is 0 Å². The van der Waals surface area contributed by atoms with Crippen LogP contribution < -0.4 is 10.2 Å². The fourth-order valence-electron chi connectivity index (χ4n) is 3.26. The van der Waals surface area contributed by atoms with E-state index in [1.165, 1.54) is 29.7 Å². The summed E-state index contributed by atoms with van der Waals surface area (Å²) >= 11 is 0. The molecule has 2 aromatic carbocycles. The van der Waals surface area contributed by atoms with Gasteiger partial charge in [0.2, 0.25) is 0 Å². The molecule has 0 aromatic heterocycles. The molecule has 0 spiro atoms. The van der Waals surface area contributed by atoms with E-state index in [2.05, 4.69) is 71.7 Å². The van der Waals surface area contributed by atoms with Crippen LogP contribution in [0.3, 0.4) is 0 Å². The molecule has 1 aliphatic rings. The number of para-hydroxylation sites is 1. The Bertz CT molecular complexity index is 563. The Balaban J connectivity index is 1.88. The molecule has 1 heterocycles. The van der Waals surface area contributed by atoms with Crippen molar-refractivity contribution in [2.45, 2.75) is 25.8 Å². The highest BCUT2D eigenvalue weighted by molar-refractivity contribution is 5.78. The minimum absolute atomic E-state index is 0.618. The van der Waals surface area contributed by atoms with Crippen molar-refractivity contribution in [1.82, 2.24) is 5.32 Å². The molecule has 2 aromatic rings. The van der Waals surface area contributed by atoms with Crippen molar-refractivity contribution in [3.8, 4) is 11.1 Å². The first-order valence-electron chi connectivity index (χ1n) is 8.01. The lowest BCUT2D eigenvalue weighted by Crippen LogP contribution is -2.45. The van der Waals surface area contributed by atoms with Crippen LogP contribution in [0.5, 0.6) is 0 Å². The maximum absolute atomic E-state index is 3.60. The molecule has 0 saturated carbocycles. The predicted molar refractivity (Wildman–Crippen MR) is 90.8 cm³/mol. The summed E-state index contributed by atoms with van der Waals surface area (Å²) in [5, 5.41) is 3.60. The van der Waals surface area contributed by atoms with E-state index in [4.69, 9.17) is 0 Å². The normalized spacial score (nSPS) is 18.7. The summed E-state index contributed by atoms with van der Waals surface area (Å²) in [6, 6.07) is 20.1. The number of benzene rings is 2. The molecule has 0 amide bonds. The average molecular weight is 280 g/mol. The van der Waals surface area contributed by atoms with E-state index in [1.54, 1.807) is 0 Å². The number of likely N-dealkylation sites (N-methyl/N-ethyl adjacent to an activating group) is 1. The zero-order valence-corrected chi connectivity index (χ0v) is 12.8. The van der Waals surface area contributed by atoms with Gasteiger partial charge < -0.3 is 10.2 Å². The highest BCUT2D eigenvalue weighted by Gasteiger charge is 2.21. The molecular weight excluding hydrogens is 256 g/mol. The average Bonchev–Trinajstić information content (AvgIpc) is 2.56. The highest BCUT2D eigenvalue weighted by Crippen LogP contribution is 2.32. The molecule has 1 N–H and O–H groups in total. The van der Waals surface area contributed by atoms with E-state index in [-0.39, 0.29) is 0 Å². The van der Waals surface area contributed by atoms with Gasteiger partial charge in [-0.3, -0.25) is 0 Å². The minimum Gasteiger partial charge on any atom is -0.369 e. The summed E-state index contributed by atoms with van der Waals surface area (Å²) in [5.74, 6) is 0. The third-order valence-electron chi connectivity index (χ3n) is 4.24. The zero-order chi connectivity index (χ0) is 14.5. The Labute approximate surface area is 127 Å². The quantitative estimate of drug-likeness (QED) is 0.913. The molecule has 110 valence electrons. The Hall–Kier alpha value is -1.80. The molecule has 0 bridgehead atoms. The highest BCUT2D eigenvalue weighted by atomic mass is 15.2. The van der Waals surface area contributed by atoms with Crippen LogP contribution in [0.4, 0.5) is 5.69 Å². The number of hydrogen-bond acceptors (Lipinski definition) is 2. The summed E-state index contributed by atoms with van der Waals surface area (Å²) in [7, 11) is 0. The van der Waals surface area contributed by atoms with Crippen molar-refractivity contribution in [3.05, 3.63) is 54.6 Å². The Kier molecular flexibility index (Phi) is 4.56. The molecule has 1 saturated heterocycles. The molecule has 1 fully saturated rings.